The third-order valence-electron chi connectivity index (χ3n) is 5.39. The Hall–Kier alpha value is 0.269. The monoisotopic (exact) mass is 416 g/mol. The summed E-state index contributed by atoms with van der Waals surface area (Å²) in [4.78, 5) is 7.70. The number of amidine groups is 1. The van der Waals surface area contributed by atoms with E-state index in [1.54, 1.807) is 13.3 Å². The Bertz CT molecular complexity index is 287. The van der Waals surface area contributed by atoms with Gasteiger partial charge in [0.05, 0.1) is 0 Å². The molecule has 1 aliphatic heterocycles. The fourth-order valence-corrected chi connectivity index (χ4v) is 18.2. The molecule has 0 N–H and O–H groups in total. The zero-order valence-corrected chi connectivity index (χ0v) is 18.6. The maximum atomic E-state index is 5.17. The average molecular weight is 415 g/mol. The maximum absolute atomic E-state index is 5.17. The van der Waals surface area contributed by atoms with E-state index in [0.29, 0.717) is 0 Å². The summed E-state index contributed by atoms with van der Waals surface area (Å²) >= 11 is -2.04. The van der Waals surface area contributed by atoms with Gasteiger partial charge in [-0.1, -0.05) is 0 Å². The van der Waals surface area contributed by atoms with Crippen LogP contribution in [0.25, 0.3) is 0 Å². The van der Waals surface area contributed by atoms with Gasteiger partial charge >= 0.3 is 144 Å². The molecule has 2 nitrogen and oxygen atoms in total. The first kappa shape index (κ1) is 20.3. The number of rotatable bonds is 11. The Morgan fingerprint density at radius 2 is 1.32 bits per heavy atom. The van der Waals surface area contributed by atoms with Crippen molar-refractivity contribution in [3.8, 4) is 0 Å². The van der Waals surface area contributed by atoms with E-state index in [2.05, 4.69) is 32.6 Å². The second kappa shape index (κ2) is 11.8. The van der Waals surface area contributed by atoms with Gasteiger partial charge in [0, 0.05) is 0 Å². The van der Waals surface area contributed by atoms with Crippen LogP contribution in [0.1, 0.15) is 79.1 Å². The molecule has 0 atom stereocenters. The van der Waals surface area contributed by atoms with Crippen LogP contribution in [0.3, 0.4) is 0 Å². The third kappa shape index (κ3) is 7.23. The van der Waals surface area contributed by atoms with Crippen molar-refractivity contribution in [1.29, 1.82) is 0 Å². The average Bonchev–Trinajstić information content (AvgIpc) is 3.08. The van der Waals surface area contributed by atoms with Gasteiger partial charge in [0.1, 0.15) is 0 Å². The van der Waals surface area contributed by atoms with Gasteiger partial charge in [0.2, 0.25) is 0 Å². The number of likely N-dealkylation sites (tertiary alicyclic amines) is 1. The summed E-state index contributed by atoms with van der Waals surface area (Å²) in [5.41, 5.74) is 0. The molecule has 130 valence electrons. The first-order chi connectivity index (χ1) is 10.7. The Morgan fingerprint density at radius 3 is 1.73 bits per heavy atom. The molecular formula is C19H40N2Sn. The predicted molar refractivity (Wildman–Crippen MR) is 104 cm³/mol. The van der Waals surface area contributed by atoms with Gasteiger partial charge < -0.3 is 0 Å². The van der Waals surface area contributed by atoms with Crippen molar-refractivity contribution in [3.05, 3.63) is 0 Å². The molecule has 1 heterocycles. The molecule has 3 heteroatoms. The molecule has 0 radical (unpaired) electrons. The molecule has 22 heavy (non-hydrogen) atoms. The molecule has 0 unspecified atom stereocenters. The normalized spacial score (nSPS) is 16.5. The molecule has 0 bridgehead atoms. The Morgan fingerprint density at radius 1 is 0.864 bits per heavy atom. The van der Waals surface area contributed by atoms with Crippen LogP contribution in [0.4, 0.5) is 0 Å². The van der Waals surface area contributed by atoms with E-state index in [0.717, 1.165) is 0 Å². The van der Waals surface area contributed by atoms with E-state index in [1.807, 2.05) is 0 Å². The molecule has 0 aromatic carbocycles. The number of hydrogen-bond donors (Lipinski definition) is 0. The van der Waals surface area contributed by atoms with E-state index in [9.17, 15) is 0 Å². The van der Waals surface area contributed by atoms with Crippen LogP contribution in [0.2, 0.25) is 13.3 Å². The Balaban J connectivity index is 2.72. The zero-order chi connectivity index (χ0) is 16.3. The van der Waals surface area contributed by atoms with Crippen LogP contribution in [-0.4, -0.2) is 46.8 Å². The van der Waals surface area contributed by atoms with Crippen molar-refractivity contribution in [2.45, 2.75) is 92.4 Å². The third-order valence-corrected chi connectivity index (χ3v) is 19.9. The minimum absolute atomic E-state index is 1.25. The minimum atomic E-state index is -2.04. The summed E-state index contributed by atoms with van der Waals surface area (Å²) in [5, 5.41) is 0. The summed E-state index contributed by atoms with van der Waals surface area (Å²) in [7, 11) is 0. The number of aliphatic imine (C=N–C) groups is 1. The molecule has 0 saturated carbocycles. The van der Waals surface area contributed by atoms with Crippen molar-refractivity contribution in [1.82, 2.24) is 4.90 Å². The van der Waals surface area contributed by atoms with E-state index in [4.69, 9.17) is 4.99 Å². The van der Waals surface area contributed by atoms with Crippen LogP contribution in [-0.2, 0) is 0 Å². The Kier molecular flexibility index (Phi) is 10.8. The standard InChI is InChI=1S/C7H13N2.3C4H9.Sn/c1-7(8-2)9-5-3-4-6-9;3*1-3-4-2;/h2-6H2,1H3;3*1,3-4H2,2H3;/b8-7+;;;;. The van der Waals surface area contributed by atoms with Crippen molar-refractivity contribution in [3.63, 3.8) is 0 Å². The second-order valence-corrected chi connectivity index (χ2v) is 21.1. The molecule has 1 saturated heterocycles. The predicted octanol–water partition coefficient (Wildman–Crippen LogP) is 5.89. The summed E-state index contributed by atoms with van der Waals surface area (Å²) in [6, 6.07) is 0. The first-order valence-corrected chi connectivity index (χ1v) is 18.0. The van der Waals surface area contributed by atoms with Gasteiger partial charge in [-0.3, -0.25) is 0 Å². The summed E-state index contributed by atoms with van der Waals surface area (Å²) in [6.45, 7) is 11.8. The topological polar surface area (TPSA) is 15.6 Å². The van der Waals surface area contributed by atoms with Crippen LogP contribution < -0.4 is 0 Å². The van der Waals surface area contributed by atoms with Crippen LogP contribution in [0, 0.1) is 0 Å². The van der Waals surface area contributed by atoms with Gasteiger partial charge in [-0.15, -0.1) is 0 Å². The van der Waals surface area contributed by atoms with Crippen LogP contribution in [0.5, 0.6) is 0 Å². The van der Waals surface area contributed by atoms with Gasteiger partial charge in [-0.25, -0.2) is 0 Å². The SMILES string of the molecule is CCC[CH2][Sn]([CH2]CCC)([CH2]CCC)[CH2]/N=C(\C)N1CCCC1. The molecule has 1 rings (SSSR count). The van der Waals surface area contributed by atoms with Gasteiger partial charge in [0.15, 0.2) is 0 Å². The quantitative estimate of drug-likeness (QED) is 0.234. The van der Waals surface area contributed by atoms with Gasteiger partial charge in [-0.2, -0.15) is 0 Å². The molecule has 1 fully saturated rings. The second-order valence-electron chi connectivity index (χ2n) is 7.37. The molecule has 0 aromatic heterocycles. The molecule has 1 aliphatic rings. The zero-order valence-electron chi connectivity index (χ0n) is 15.8. The van der Waals surface area contributed by atoms with Gasteiger partial charge in [0.25, 0.3) is 0 Å². The number of unbranched alkanes of at least 4 members (excludes halogenated alkanes) is 3. The molecule has 0 amide bonds. The van der Waals surface area contributed by atoms with E-state index >= 15 is 0 Å². The fraction of sp³-hybridized carbons (Fsp3) is 0.947. The molecule has 0 aromatic rings. The van der Waals surface area contributed by atoms with Crippen molar-refractivity contribution in [2.75, 3.05) is 17.7 Å². The summed E-state index contributed by atoms with van der Waals surface area (Å²) in [5.74, 6) is 1.35. The van der Waals surface area contributed by atoms with Crippen molar-refractivity contribution in [2.24, 2.45) is 4.99 Å². The van der Waals surface area contributed by atoms with Gasteiger partial charge in [-0.05, 0) is 0 Å². The van der Waals surface area contributed by atoms with E-state index in [-0.39, 0.29) is 0 Å². The fourth-order valence-electron chi connectivity index (χ4n) is 3.69. The van der Waals surface area contributed by atoms with Crippen LogP contribution in [0.15, 0.2) is 4.99 Å². The molecule has 0 spiro atoms. The first-order valence-electron chi connectivity index (χ1n) is 9.93. The summed E-state index contributed by atoms with van der Waals surface area (Å²) in [6.07, 6.45) is 11.2. The van der Waals surface area contributed by atoms with E-state index in [1.165, 1.54) is 74.9 Å². The molecular weight excluding hydrogens is 375 g/mol. The molecule has 0 aliphatic carbocycles. The number of nitrogens with zero attached hydrogens (tertiary/aromatic N) is 2. The van der Waals surface area contributed by atoms with E-state index < -0.39 is 18.4 Å². The van der Waals surface area contributed by atoms with Crippen LogP contribution >= 0.6 is 0 Å². The Labute approximate surface area is 144 Å². The van der Waals surface area contributed by atoms with Crippen molar-refractivity contribution < 1.29 is 0 Å². The van der Waals surface area contributed by atoms with Crippen molar-refractivity contribution >= 4 is 24.2 Å². The summed E-state index contributed by atoms with van der Waals surface area (Å²) < 4.78 is 6.03. The number of hydrogen-bond acceptors (Lipinski definition) is 1.